The molecule has 1 fully saturated rings. The number of carbonyl (C=O) groups excluding carboxylic acids is 3. The van der Waals surface area contributed by atoms with E-state index >= 15 is 0 Å². The third-order valence-corrected chi connectivity index (χ3v) is 5.93. The molecule has 1 saturated heterocycles. The molecule has 0 spiro atoms. The van der Waals surface area contributed by atoms with Crippen molar-refractivity contribution < 1.29 is 23.5 Å². The number of para-hydroxylation sites is 1. The minimum Gasteiger partial charge on any atom is -0.459 e. The number of hydrogen-bond acceptors (Lipinski definition) is 5. The van der Waals surface area contributed by atoms with Gasteiger partial charge in [0.25, 0.3) is 11.8 Å². The maximum absolute atomic E-state index is 13.0. The zero-order chi connectivity index (χ0) is 21.3. The van der Waals surface area contributed by atoms with E-state index in [1.165, 1.54) is 6.26 Å². The van der Waals surface area contributed by atoms with E-state index < -0.39 is 6.10 Å². The third kappa shape index (κ3) is 3.84. The largest absolute Gasteiger partial charge is 0.459 e. The van der Waals surface area contributed by atoms with Gasteiger partial charge in [-0.15, -0.1) is 0 Å². The summed E-state index contributed by atoms with van der Waals surface area (Å²) in [5.41, 5.74) is 2.02. The molecule has 0 radical (unpaired) electrons. The zero-order valence-electron chi connectivity index (χ0n) is 17.2. The van der Waals surface area contributed by atoms with Gasteiger partial charge in [0.15, 0.2) is 11.9 Å². The maximum atomic E-state index is 13.0. The lowest BCUT2D eigenvalue weighted by Gasteiger charge is -2.31. The first-order chi connectivity index (χ1) is 14.5. The van der Waals surface area contributed by atoms with Gasteiger partial charge in [-0.05, 0) is 56.9 Å². The van der Waals surface area contributed by atoms with Crippen molar-refractivity contribution in [1.82, 2.24) is 4.90 Å². The number of rotatable bonds is 4. The van der Waals surface area contributed by atoms with E-state index in [1.807, 2.05) is 31.2 Å². The topological polar surface area (TPSA) is 80.1 Å². The predicted molar refractivity (Wildman–Crippen MR) is 110 cm³/mol. The second-order valence-corrected chi connectivity index (χ2v) is 8.01. The number of benzene rings is 1. The molecular weight excluding hydrogens is 384 g/mol. The third-order valence-electron chi connectivity index (χ3n) is 5.93. The first-order valence-corrected chi connectivity index (χ1v) is 10.4. The number of hydrogen-bond donors (Lipinski definition) is 0. The number of furan rings is 1. The summed E-state index contributed by atoms with van der Waals surface area (Å²) >= 11 is 0. The van der Waals surface area contributed by atoms with Crippen LogP contribution in [-0.4, -0.2) is 47.9 Å². The average Bonchev–Trinajstić information content (AvgIpc) is 3.40. The molecule has 0 saturated carbocycles. The van der Waals surface area contributed by atoms with Crippen LogP contribution in [0.25, 0.3) is 0 Å². The highest BCUT2D eigenvalue weighted by molar-refractivity contribution is 5.99. The van der Waals surface area contributed by atoms with Gasteiger partial charge in [-0.3, -0.25) is 14.4 Å². The van der Waals surface area contributed by atoms with Crippen LogP contribution in [0.5, 0.6) is 0 Å². The summed E-state index contributed by atoms with van der Waals surface area (Å²) in [6.45, 7) is 4.54. The summed E-state index contributed by atoms with van der Waals surface area (Å²) in [5.74, 6) is -0.760. The van der Waals surface area contributed by atoms with E-state index in [2.05, 4.69) is 0 Å². The molecule has 2 atom stereocenters. The van der Waals surface area contributed by atoms with Crippen molar-refractivity contribution in [3.8, 4) is 0 Å². The van der Waals surface area contributed by atoms with Crippen molar-refractivity contribution in [2.24, 2.45) is 5.92 Å². The Labute approximate surface area is 175 Å². The van der Waals surface area contributed by atoms with Crippen LogP contribution in [0.2, 0.25) is 0 Å². The van der Waals surface area contributed by atoms with Gasteiger partial charge in [0.1, 0.15) is 0 Å². The Morgan fingerprint density at radius 1 is 1.10 bits per heavy atom. The Bertz CT molecular complexity index is 931. The number of ether oxygens (including phenoxy) is 1. The van der Waals surface area contributed by atoms with Crippen LogP contribution in [0.15, 0.2) is 47.1 Å². The minimum atomic E-state index is -0.853. The molecule has 7 nitrogen and oxygen atoms in total. The fraction of sp³-hybridized carbons (Fsp3) is 0.435. The van der Waals surface area contributed by atoms with Crippen molar-refractivity contribution in [1.29, 1.82) is 0 Å². The predicted octanol–water partition coefficient (Wildman–Crippen LogP) is 3.04. The number of likely N-dealkylation sites (tertiary alicyclic amines) is 1. The van der Waals surface area contributed by atoms with Crippen LogP contribution in [0.1, 0.15) is 42.8 Å². The lowest BCUT2D eigenvalue weighted by Crippen LogP contribution is -2.45. The van der Waals surface area contributed by atoms with Crippen molar-refractivity contribution in [3.63, 3.8) is 0 Å². The van der Waals surface area contributed by atoms with Gasteiger partial charge >= 0.3 is 5.97 Å². The smallest absolute Gasteiger partial charge is 0.309 e. The Morgan fingerprint density at radius 3 is 2.53 bits per heavy atom. The highest BCUT2D eigenvalue weighted by Crippen LogP contribution is 2.32. The van der Waals surface area contributed by atoms with Crippen molar-refractivity contribution in [2.45, 2.75) is 45.3 Å². The molecule has 0 N–H and O–H groups in total. The number of nitrogens with zero attached hydrogens (tertiary/aromatic N) is 2. The van der Waals surface area contributed by atoms with Gasteiger partial charge in [-0.25, -0.2) is 0 Å². The van der Waals surface area contributed by atoms with E-state index in [9.17, 15) is 14.4 Å². The molecule has 1 aromatic heterocycles. The van der Waals surface area contributed by atoms with E-state index in [-0.39, 0.29) is 29.7 Å². The molecule has 2 aliphatic heterocycles. The lowest BCUT2D eigenvalue weighted by molar-refractivity contribution is -0.159. The number of piperidine rings is 1. The van der Waals surface area contributed by atoms with Crippen LogP contribution < -0.4 is 4.90 Å². The average molecular weight is 410 g/mol. The summed E-state index contributed by atoms with van der Waals surface area (Å²) in [4.78, 5) is 41.4. The van der Waals surface area contributed by atoms with Gasteiger partial charge in [0.05, 0.1) is 12.2 Å². The number of carbonyl (C=O) groups is 3. The zero-order valence-corrected chi connectivity index (χ0v) is 17.2. The number of anilines is 1. The van der Waals surface area contributed by atoms with Crippen LogP contribution >= 0.6 is 0 Å². The minimum absolute atomic E-state index is 0.0342. The summed E-state index contributed by atoms with van der Waals surface area (Å²) in [7, 11) is 0. The van der Waals surface area contributed by atoms with Gasteiger partial charge < -0.3 is 19.0 Å². The Morgan fingerprint density at radius 2 is 1.83 bits per heavy atom. The highest BCUT2D eigenvalue weighted by atomic mass is 16.5. The van der Waals surface area contributed by atoms with Crippen LogP contribution in [0.4, 0.5) is 5.69 Å². The number of esters is 1. The number of fused-ring (bicyclic) bond motifs is 1. The fourth-order valence-electron chi connectivity index (χ4n) is 4.29. The Balaban J connectivity index is 1.32. The molecule has 30 heavy (non-hydrogen) atoms. The first-order valence-electron chi connectivity index (χ1n) is 10.4. The monoisotopic (exact) mass is 410 g/mol. The quantitative estimate of drug-likeness (QED) is 0.724. The summed E-state index contributed by atoms with van der Waals surface area (Å²) < 4.78 is 10.7. The molecule has 0 bridgehead atoms. The fourth-order valence-corrected chi connectivity index (χ4v) is 4.29. The highest BCUT2D eigenvalue weighted by Gasteiger charge is 2.36. The number of amides is 2. The SMILES string of the molecule is C[C@@H](OC(=O)C1CCN(C(=O)c2ccco2)CC1)C(=O)N1c2ccccc2C[C@@H]1C. The van der Waals surface area contributed by atoms with Crippen molar-refractivity contribution >= 4 is 23.5 Å². The van der Waals surface area contributed by atoms with Gasteiger partial charge in [-0.2, -0.15) is 0 Å². The van der Waals surface area contributed by atoms with Crippen LogP contribution in [0, 0.1) is 5.92 Å². The molecule has 2 aliphatic rings. The molecule has 7 heteroatoms. The summed E-state index contributed by atoms with van der Waals surface area (Å²) in [5, 5.41) is 0. The van der Waals surface area contributed by atoms with E-state index in [0.717, 1.165) is 17.7 Å². The molecule has 0 aliphatic carbocycles. The van der Waals surface area contributed by atoms with Crippen LogP contribution in [0.3, 0.4) is 0 Å². The second kappa shape index (κ2) is 8.34. The molecule has 158 valence electrons. The van der Waals surface area contributed by atoms with Crippen LogP contribution in [-0.2, 0) is 20.7 Å². The van der Waals surface area contributed by atoms with Gasteiger partial charge in [-0.1, -0.05) is 18.2 Å². The van der Waals surface area contributed by atoms with Gasteiger partial charge in [0.2, 0.25) is 0 Å². The first kappa shape index (κ1) is 20.2. The van der Waals surface area contributed by atoms with E-state index in [1.54, 1.807) is 28.9 Å². The van der Waals surface area contributed by atoms with E-state index in [4.69, 9.17) is 9.15 Å². The molecule has 3 heterocycles. The van der Waals surface area contributed by atoms with E-state index in [0.29, 0.717) is 31.7 Å². The standard InChI is InChI=1S/C23H26N2O5/c1-15-14-18-6-3-4-7-19(18)25(15)21(26)16(2)30-23(28)17-9-11-24(12-10-17)22(27)20-8-5-13-29-20/h3-8,13,15-17H,9-12,14H2,1-2H3/t15-,16+/m0/s1. The molecule has 0 unspecified atom stereocenters. The summed E-state index contributed by atoms with van der Waals surface area (Å²) in [6, 6.07) is 11.2. The van der Waals surface area contributed by atoms with Crippen molar-refractivity contribution in [2.75, 3.05) is 18.0 Å². The maximum Gasteiger partial charge on any atom is 0.309 e. The van der Waals surface area contributed by atoms with Crippen molar-refractivity contribution in [3.05, 3.63) is 54.0 Å². The Hall–Kier alpha value is -3.09. The summed E-state index contributed by atoms with van der Waals surface area (Å²) in [6.07, 6.45) is 2.43. The van der Waals surface area contributed by atoms with Gasteiger partial charge in [0, 0.05) is 24.8 Å². The molecule has 4 rings (SSSR count). The Kier molecular flexibility index (Phi) is 5.61. The second-order valence-electron chi connectivity index (χ2n) is 8.01. The molecule has 2 amide bonds. The molecule has 1 aromatic carbocycles. The normalized spacial score (nSPS) is 20.0. The molecular formula is C23H26N2O5. The lowest BCUT2D eigenvalue weighted by atomic mass is 9.97. The molecule has 2 aromatic rings.